The van der Waals surface area contributed by atoms with Gasteiger partial charge in [0.1, 0.15) is 0 Å². The van der Waals surface area contributed by atoms with Crippen molar-refractivity contribution >= 4 is 26.6 Å². The monoisotopic (exact) mass is 263 g/mol. The maximum atomic E-state index is 11.8. The van der Waals surface area contributed by atoms with E-state index in [0.717, 1.165) is 6.55 Å². The predicted molar refractivity (Wildman–Crippen MR) is 46.3 cm³/mol. The van der Waals surface area contributed by atoms with Crippen LogP contribution in [0.4, 0.5) is 13.2 Å². The summed E-state index contributed by atoms with van der Waals surface area (Å²) in [6, 6.07) is -0.532. The van der Waals surface area contributed by atoms with E-state index in [2.05, 4.69) is 4.12 Å². The van der Waals surface area contributed by atoms with E-state index in [4.69, 9.17) is 9.59 Å². The summed E-state index contributed by atoms with van der Waals surface area (Å²) in [6.45, 7) is 1.15. The fourth-order valence-electron chi connectivity index (χ4n) is 0.656. The van der Waals surface area contributed by atoms with Gasteiger partial charge in [-0.15, -0.1) is 0 Å². The van der Waals surface area contributed by atoms with Crippen molar-refractivity contribution in [1.29, 1.82) is 0 Å². The number of alkyl halides is 3. The Labute approximate surface area is 84.2 Å². The molecule has 0 aromatic carbocycles. The zero-order valence-electron chi connectivity index (χ0n) is 7.30. The first-order valence-electron chi connectivity index (χ1n) is 3.60. The standard InChI is InChI=1S/C4H10F3O4Si3/c1-14(10,11-13(9)12-8)3-2-4(5,6)7/h8-10H,2-3H2,1H3. The SMILES string of the molecule is C[Si](O)(CCC(F)(F)F)O[Si](O)[Si]O. The van der Waals surface area contributed by atoms with E-state index in [0.29, 0.717) is 0 Å². The molecule has 0 spiro atoms. The molecular weight excluding hydrogens is 253 g/mol. The molecule has 4 nitrogen and oxygen atoms in total. The van der Waals surface area contributed by atoms with Crippen molar-refractivity contribution in [3.8, 4) is 0 Å². The third-order valence-corrected chi connectivity index (χ3v) is 6.68. The smallest absolute Gasteiger partial charge is 0.389 e. The molecule has 0 aliphatic heterocycles. The highest BCUT2D eigenvalue weighted by atomic mass is 29.2. The summed E-state index contributed by atoms with van der Waals surface area (Å²) in [5, 5.41) is 0. The lowest BCUT2D eigenvalue weighted by atomic mass is 10.5. The summed E-state index contributed by atoms with van der Waals surface area (Å²) in [5.41, 5.74) is 0. The average molecular weight is 263 g/mol. The predicted octanol–water partition coefficient (Wildman–Crippen LogP) is -0.392. The Morgan fingerprint density at radius 3 is 2.36 bits per heavy atom. The molecule has 0 aromatic heterocycles. The highest BCUT2D eigenvalue weighted by molar-refractivity contribution is 7.04. The van der Waals surface area contributed by atoms with Gasteiger partial charge in [0, 0.05) is 6.42 Å². The van der Waals surface area contributed by atoms with Crippen LogP contribution in [0.25, 0.3) is 0 Å². The topological polar surface area (TPSA) is 69.9 Å². The maximum Gasteiger partial charge on any atom is 0.389 e. The maximum absolute atomic E-state index is 11.8. The molecule has 1 unspecified atom stereocenters. The molecule has 0 saturated heterocycles. The summed E-state index contributed by atoms with van der Waals surface area (Å²) in [6.07, 6.45) is -5.49. The second-order valence-electron chi connectivity index (χ2n) is 2.81. The average Bonchev–Trinajstić information content (AvgIpc) is 1.99. The normalized spacial score (nSPS) is 17.1. The highest BCUT2D eigenvalue weighted by Crippen LogP contribution is 2.25. The number of rotatable bonds is 5. The van der Waals surface area contributed by atoms with Gasteiger partial charge in [-0.2, -0.15) is 13.2 Å². The molecule has 0 aromatic rings. The quantitative estimate of drug-likeness (QED) is 0.591. The lowest BCUT2D eigenvalue weighted by Crippen LogP contribution is -2.44. The van der Waals surface area contributed by atoms with E-state index in [1.165, 1.54) is 0 Å². The molecule has 83 valence electrons. The second-order valence-corrected chi connectivity index (χ2v) is 9.26. The van der Waals surface area contributed by atoms with Crippen LogP contribution in [0.5, 0.6) is 0 Å². The van der Waals surface area contributed by atoms with Crippen LogP contribution >= 0.6 is 0 Å². The zero-order chi connectivity index (χ0) is 11.4. The summed E-state index contributed by atoms with van der Waals surface area (Å²) >= 11 is 0. The molecule has 3 radical (unpaired) electrons. The van der Waals surface area contributed by atoms with Crippen LogP contribution in [-0.2, 0) is 4.12 Å². The van der Waals surface area contributed by atoms with Crippen molar-refractivity contribution in [2.45, 2.75) is 25.2 Å². The third kappa shape index (κ3) is 7.66. The van der Waals surface area contributed by atoms with Gasteiger partial charge in [-0.25, -0.2) is 0 Å². The van der Waals surface area contributed by atoms with Crippen molar-refractivity contribution in [3.63, 3.8) is 0 Å². The number of hydrogen-bond acceptors (Lipinski definition) is 4. The van der Waals surface area contributed by atoms with Gasteiger partial charge in [0.15, 0.2) is 0 Å². The summed E-state index contributed by atoms with van der Waals surface area (Å²) in [5.74, 6) is 0. The van der Waals surface area contributed by atoms with Crippen molar-refractivity contribution in [3.05, 3.63) is 0 Å². The molecule has 0 amide bonds. The van der Waals surface area contributed by atoms with Crippen molar-refractivity contribution in [1.82, 2.24) is 0 Å². The summed E-state index contributed by atoms with van der Waals surface area (Å²) < 4.78 is 39.9. The highest BCUT2D eigenvalue weighted by Gasteiger charge is 2.37. The molecule has 0 heterocycles. The number of hydrogen-bond donors (Lipinski definition) is 3. The number of halogens is 3. The minimum Gasteiger partial charge on any atom is -0.431 e. The molecule has 0 aliphatic rings. The lowest BCUT2D eigenvalue weighted by Gasteiger charge is -2.22. The van der Waals surface area contributed by atoms with E-state index in [1.54, 1.807) is 0 Å². The molecular formula is C4H10F3O4Si3. The first-order valence-corrected chi connectivity index (χ1v) is 9.47. The van der Waals surface area contributed by atoms with Crippen molar-refractivity contribution in [2.24, 2.45) is 0 Å². The Kier molecular flexibility index (Phi) is 5.50. The van der Waals surface area contributed by atoms with Crippen LogP contribution in [-0.4, -0.2) is 47.2 Å². The molecule has 0 aliphatic carbocycles. The fraction of sp³-hybridized carbons (Fsp3) is 1.00. The van der Waals surface area contributed by atoms with Crippen molar-refractivity contribution in [2.75, 3.05) is 0 Å². The van der Waals surface area contributed by atoms with Crippen LogP contribution in [0.15, 0.2) is 0 Å². The van der Waals surface area contributed by atoms with Crippen LogP contribution in [0.1, 0.15) is 6.42 Å². The Morgan fingerprint density at radius 2 is 2.00 bits per heavy atom. The Bertz CT molecular complexity index is 176. The van der Waals surface area contributed by atoms with Gasteiger partial charge >= 0.3 is 23.5 Å². The van der Waals surface area contributed by atoms with Gasteiger partial charge in [0.05, 0.1) is 0 Å². The van der Waals surface area contributed by atoms with Gasteiger partial charge in [0.2, 0.25) is 0 Å². The minimum absolute atomic E-state index is 0.532. The van der Waals surface area contributed by atoms with E-state index in [9.17, 15) is 18.0 Å². The molecule has 0 saturated carbocycles. The van der Waals surface area contributed by atoms with Gasteiger partial charge in [-0.1, -0.05) is 0 Å². The molecule has 0 rings (SSSR count). The van der Waals surface area contributed by atoms with Crippen molar-refractivity contribution < 1.29 is 31.7 Å². The van der Waals surface area contributed by atoms with Crippen LogP contribution < -0.4 is 0 Å². The second kappa shape index (κ2) is 5.39. The Balaban J connectivity index is 3.95. The van der Waals surface area contributed by atoms with E-state index in [1.807, 2.05) is 0 Å². The van der Waals surface area contributed by atoms with E-state index < -0.39 is 45.3 Å². The van der Waals surface area contributed by atoms with Gasteiger partial charge in [0.25, 0.3) is 9.28 Å². The van der Waals surface area contributed by atoms with Gasteiger partial charge in [-0.05, 0) is 12.6 Å². The molecule has 14 heavy (non-hydrogen) atoms. The van der Waals surface area contributed by atoms with Crippen LogP contribution in [0, 0.1) is 0 Å². The van der Waals surface area contributed by atoms with E-state index >= 15 is 0 Å². The summed E-state index contributed by atoms with van der Waals surface area (Å²) in [7, 11) is -6.88. The van der Waals surface area contributed by atoms with Gasteiger partial charge < -0.3 is 18.5 Å². The fourth-order valence-corrected chi connectivity index (χ4v) is 6.05. The third-order valence-electron chi connectivity index (χ3n) is 1.28. The molecule has 1 atom stereocenters. The Morgan fingerprint density at radius 1 is 1.50 bits per heavy atom. The minimum atomic E-state index is -4.34. The molecule has 10 heteroatoms. The molecule has 0 fully saturated rings. The first kappa shape index (κ1) is 14.3. The van der Waals surface area contributed by atoms with Crippen LogP contribution in [0.2, 0.25) is 12.6 Å². The largest absolute Gasteiger partial charge is 0.431 e. The zero-order valence-corrected chi connectivity index (χ0v) is 10.3. The first-order chi connectivity index (χ1) is 6.16. The molecule has 0 bridgehead atoms. The Hall–Kier alpha value is 0.281. The van der Waals surface area contributed by atoms with Crippen LogP contribution in [0.3, 0.4) is 0 Å². The summed E-state index contributed by atoms with van der Waals surface area (Å²) in [4.78, 5) is 26.6. The molecule has 3 N–H and O–H groups in total. The lowest BCUT2D eigenvalue weighted by molar-refractivity contribution is -0.131. The van der Waals surface area contributed by atoms with Gasteiger partial charge in [-0.3, -0.25) is 0 Å². The van der Waals surface area contributed by atoms with E-state index in [-0.39, 0.29) is 0 Å².